The molecule has 5 nitrogen and oxygen atoms in total. The van der Waals surface area contributed by atoms with Gasteiger partial charge in [0.05, 0.1) is 0 Å². The molecule has 0 saturated carbocycles. The first-order valence-electron chi connectivity index (χ1n) is 7.75. The van der Waals surface area contributed by atoms with Gasteiger partial charge in [0.2, 0.25) is 11.8 Å². The molecule has 3 rings (SSSR count). The highest BCUT2D eigenvalue weighted by Crippen LogP contribution is 2.27. The lowest BCUT2D eigenvalue weighted by molar-refractivity contribution is -0.127. The fourth-order valence-corrected chi connectivity index (χ4v) is 3.11. The van der Waals surface area contributed by atoms with Gasteiger partial charge in [-0.1, -0.05) is 21.1 Å². The molecule has 1 aliphatic heterocycles. The van der Waals surface area contributed by atoms with E-state index < -0.39 is 0 Å². The van der Waals surface area contributed by atoms with Crippen LogP contribution in [0.3, 0.4) is 0 Å². The van der Waals surface area contributed by atoms with Gasteiger partial charge in [0.1, 0.15) is 5.82 Å². The predicted octanol–water partition coefficient (Wildman–Crippen LogP) is 3.70. The van der Waals surface area contributed by atoms with E-state index in [1.165, 1.54) is 18.2 Å². The first-order valence-corrected chi connectivity index (χ1v) is 8.54. The second-order valence-electron chi connectivity index (χ2n) is 5.78. The number of rotatable bonds is 3. The Balaban J connectivity index is 1.59. The van der Waals surface area contributed by atoms with Gasteiger partial charge in [-0.05, 0) is 44.0 Å². The number of hydrogen-bond donors (Lipinski definition) is 0. The summed E-state index contributed by atoms with van der Waals surface area (Å²) < 4.78 is 19.7. The van der Waals surface area contributed by atoms with Crippen molar-refractivity contribution in [2.45, 2.75) is 25.7 Å². The number of aryl methyl sites for hydroxylation is 1. The third-order valence-corrected chi connectivity index (χ3v) is 4.56. The first-order chi connectivity index (χ1) is 11.5. The Morgan fingerprint density at radius 3 is 2.83 bits per heavy atom. The van der Waals surface area contributed by atoms with Crippen LogP contribution < -0.4 is 0 Å². The second-order valence-corrected chi connectivity index (χ2v) is 6.69. The quantitative estimate of drug-likeness (QED) is 0.745. The standard InChI is InChI=1S/C17H17BrFN3O2/c1-11-20-17(24-21-11)12-6-8-22(9-7-12)16(23)5-2-13-10-14(18)3-4-15(13)19/h2-5,10,12H,6-9H2,1H3. The van der Waals surface area contributed by atoms with E-state index in [0.29, 0.717) is 30.4 Å². The molecule has 126 valence electrons. The summed E-state index contributed by atoms with van der Waals surface area (Å²) in [5.74, 6) is 0.998. The fourth-order valence-electron chi connectivity index (χ4n) is 2.73. The number of benzene rings is 1. The minimum Gasteiger partial charge on any atom is -0.339 e. The molecule has 1 aromatic carbocycles. The zero-order valence-corrected chi connectivity index (χ0v) is 14.8. The molecule has 0 bridgehead atoms. The monoisotopic (exact) mass is 393 g/mol. The molecule has 0 aliphatic carbocycles. The van der Waals surface area contributed by atoms with Gasteiger partial charge in [0.15, 0.2) is 5.82 Å². The van der Waals surface area contributed by atoms with Crippen molar-refractivity contribution in [3.63, 3.8) is 0 Å². The topological polar surface area (TPSA) is 59.2 Å². The van der Waals surface area contributed by atoms with E-state index in [1.54, 1.807) is 24.0 Å². The molecular weight excluding hydrogens is 377 g/mol. The number of piperidine rings is 1. The number of hydrogen-bond acceptors (Lipinski definition) is 4. The first kappa shape index (κ1) is 16.8. The molecule has 1 fully saturated rings. The maximum Gasteiger partial charge on any atom is 0.246 e. The zero-order chi connectivity index (χ0) is 17.1. The van der Waals surface area contributed by atoms with Crippen molar-refractivity contribution in [1.29, 1.82) is 0 Å². The van der Waals surface area contributed by atoms with E-state index in [9.17, 15) is 9.18 Å². The molecule has 1 aliphatic rings. The maximum absolute atomic E-state index is 13.7. The largest absolute Gasteiger partial charge is 0.339 e. The molecule has 0 radical (unpaired) electrons. The minimum absolute atomic E-state index is 0.116. The Kier molecular flexibility index (Phi) is 5.08. The number of amides is 1. The average molecular weight is 394 g/mol. The van der Waals surface area contributed by atoms with Crippen molar-refractivity contribution in [2.75, 3.05) is 13.1 Å². The Morgan fingerprint density at radius 1 is 1.42 bits per heavy atom. The Hall–Kier alpha value is -2.02. The van der Waals surface area contributed by atoms with Gasteiger partial charge in [-0.15, -0.1) is 0 Å². The van der Waals surface area contributed by atoms with Gasteiger partial charge in [-0.2, -0.15) is 4.98 Å². The molecule has 2 aromatic rings. The Morgan fingerprint density at radius 2 is 2.17 bits per heavy atom. The number of aromatic nitrogens is 2. The van der Waals surface area contributed by atoms with Gasteiger partial charge in [-0.3, -0.25) is 4.79 Å². The summed E-state index contributed by atoms with van der Waals surface area (Å²) in [4.78, 5) is 18.3. The van der Waals surface area contributed by atoms with E-state index in [4.69, 9.17) is 4.52 Å². The van der Waals surface area contributed by atoms with Crippen LogP contribution in [0, 0.1) is 12.7 Å². The third kappa shape index (κ3) is 3.90. The molecule has 24 heavy (non-hydrogen) atoms. The highest BCUT2D eigenvalue weighted by molar-refractivity contribution is 9.10. The highest BCUT2D eigenvalue weighted by atomic mass is 79.9. The van der Waals surface area contributed by atoms with Crippen molar-refractivity contribution in [3.8, 4) is 0 Å². The average Bonchev–Trinajstić information content (AvgIpc) is 3.02. The maximum atomic E-state index is 13.7. The zero-order valence-electron chi connectivity index (χ0n) is 13.2. The van der Waals surface area contributed by atoms with E-state index in [-0.39, 0.29) is 17.6 Å². The van der Waals surface area contributed by atoms with Crippen LogP contribution >= 0.6 is 15.9 Å². The van der Waals surface area contributed by atoms with Gasteiger partial charge in [0, 0.05) is 35.1 Å². The highest BCUT2D eigenvalue weighted by Gasteiger charge is 2.26. The molecular formula is C17H17BrFN3O2. The molecule has 2 heterocycles. The summed E-state index contributed by atoms with van der Waals surface area (Å²) in [5.41, 5.74) is 0.383. The smallest absolute Gasteiger partial charge is 0.246 e. The van der Waals surface area contributed by atoms with Crippen LogP contribution in [0.25, 0.3) is 6.08 Å². The molecule has 0 N–H and O–H groups in total. The summed E-state index contributed by atoms with van der Waals surface area (Å²) in [6.07, 6.45) is 4.50. The van der Waals surface area contributed by atoms with Crippen LogP contribution in [-0.4, -0.2) is 34.0 Å². The normalized spacial score (nSPS) is 16.0. The summed E-state index contributed by atoms with van der Waals surface area (Å²) in [7, 11) is 0. The van der Waals surface area contributed by atoms with Crippen molar-refractivity contribution >= 4 is 27.9 Å². The number of nitrogens with zero attached hydrogens (tertiary/aromatic N) is 3. The molecule has 1 aromatic heterocycles. The van der Waals surface area contributed by atoms with Gasteiger partial charge in [0.25, 0.3) is 0 Å². The van der Waals surface area contributed by atoms with Crippen LogP contribution in [0.4, 0.5) is 4.39 Å². The Labute approximate surface area is 147 Å². The van der Waals surface area contributed by atoms with E-state index in [1.807, 2.05) is 0 Å². The summed E-state index contributed by atoms with van der Waals surface area (Å²) in [6.45, 7) is 3.03. The van der Waals surface area contributed by atoms with Crippen molar-refractivity contribution in [2.24, 2.45) is 0 Å². The van der Waals surface area contributed by atoms with Crippen LogP contribution in [0.2, 0.25) is 0 Å². The van der Waals surface area contributed by atoms with Crippen molar-refractivity contribution in [3.05, 3.63) is 51.8 Å². The second kappa shape index (κ2) is 7.25. The lowest BCUT2D eigenvalue weighted by atomic mass is 9.96. The van der Waals surface area contributed by atoms with E-state index in [0.717, 1.165) is 17.3 Å². The van der Waals surface area contributed by atoms with Gasteiger partial charge >= 0.3 is 0 Å². The number of carbonyl (C=O) groups excluding carboxylic acids is 1. The molecule has 0 unspecified atom stereocenters. The SMILES string of the molecule is Cc1noc(C2CCN(C(=O)C=Cc3cc(Br)ccc3F)CC2)n1. The molecule has 7 heteroatoms. The molecule has 0 spiro atoms. The van der Waals surface area contributed by atoms with E-state index >= 15 is 0 Å². The summed E-state index contributed by atoms with van der Waals surface area (Å²) in [6, 6.07) is 4.63. The van der Waals surface area contributed by atoms with Gasteiger partial charge < -0.3 is 9.42 Å². The molecule has 1 saturated heterocycles. The number of halogens is 2. The lowest BCUT2D eigenvalue weighted by Gasteiger charge is -2.29. The van der Waals surface area contributed by atoms with Gasteiger partial charge in [-0.25, -0.2) is 4.39 Å². The summed E-state index contributed by atoms with van der Waals surface area (Å²) >= 11 is 3.29. The minimum atomic E-state index is -0.354. The van der Waals surface area contributed by atoms with Crippen LogP contribution in [0.15, 0.2) is 33.3 Å². The van der Waals surface area contributed by atoms with E-state index in [2.05, 4.69) is 26.1 Å². The summed E-state index contributed by atoms with van der Waals surface area (Å²) in [5, 5.41) is 3.81. The van der Waals surface area contributed by atoms with Crippen LogP contribution in [-0.2, 0) is 4.79 Å². The van der Waals surface area contributed by atoms with Crippen LogP contribution in [0.5, 0.6) is 0 Å². The third-order valence-electron chi connectivity index (χ3n) is 4.06. The number of carbonyl (C=O) groups is 1. The van der Waals surface area contributed by atoms with Crippen molar-refractivity contribution in [1.82, 2.24) is 15.0 Å². The lowest BCUT2D eigenvalue weighted by Crippen LogP contribution is -2.36. The fraction of sp³-hybridized carbons (Fsp3) is 0.353. The Bertz CT molecular complexity index is 767. The molecule has 1 amide bonds. The molecule has 0 atom stereocenters. The van der Waals surface area contributed by atoms with Crippen molar-refractivity contribution < 1.29 is 13.7 Å². The predicted molar refractivity (Wildman–Crippen MR) is 90.7 cm³/mol. The number of likely N-dealkylation sites (tertiary alicyclic amines) is 1. The van der Waals surface area contributed by atoms with Crippen LogP contribution in [0.1, 0.15) is 36.0 Å².